The Kier molecular flexibility index (Phi) is 5.29. The van der Waals surface area contributed by atoms with E-state index in [1.54, 1.807) is 11.0 Å². The Labute approximate surface area is 176 Å². The van der Waals surface area contributed by atoms with Crippen molar-refractivity contribution in [3.63, 3.8) is 0 Å². The normalized spacial score (nSPS) is 23.2. The van der Waals surface area contributed by atoms with Crippen molar-refractivity contribution >= 4 is 17.5 Å². The summed E-state index contributed by atoms with van der Waals surface area (Å²) in [5.41, 5.74) is 1.91. The predicted molar refractivity (Wildman–Crippen MR) is 106 cm³/mol. The first kappa shape index (κ1) is 21.4. The van der Waals surface area contributed by atoms with Gasteiger partial charge in [0.05, 0.1) is 36.4 Å². The molecule has 0 aromatic heterocycles. The minimum atomic E-state index is -4.77. The Morgan fingerprint density at radius 3 is 2.81 bits per heavy atom. The molecule has 4 rings (SSSR count). The van der Waals surface area contributed by atoms with Gasteiger partial charge in [-0.2, -0.15) is 0 Å². The summed E-state index contributed by atoms with van der Waals surface area (Å²) in [4.78, 5) is 14.7. The zero-order chi connectivity index (χ0) is 22.4. The number of epoxide rings is 1. The Hall–Kier alpha value is -2.87. The molecule has 0 spiro atoms. The average Bonchev–Trinajstić information content (AvgIpc) is 3.43. The van der Waals surface area contributed by atoms with Crippen LogP contribution in [0.25, 0.3) is 0 Å². The first-order valence-electron chi connectivity index (χ1n) is 9.73. The fourth-order valence-electron chi connectivity index (χ4n) is 3.84. The van der Waals surface area contributed by atoms with Crippen LogP contribution in [0.5, 0.6) is 5.75 Å². The Morgan fingerprint density at radius 1 is 1.45 bits per heavy atom. The number of carbonyl (C=O) groups is 1. The number of hydrogen-bond acceptors (Lipinski definition) is 5. The van der Waals surface area contributed by atoms with Gasteiger partial charge in [0, 0.05) is 6.54 Å². The minimum Gasteiger partial charge on any atom is -0.406 e. The highest BCUT2D eigenvalue weighted by molar-refractivity contribution is 6.18. The van der Waals surface area contributed by atoms with E-state index in [1.807, 2.05) is 6.92 Å². The molecule has 2 N–H and O–H groups in total. The van der Waals surface area contributed by atoms with E-state index in [9.17, 15) is 18.0 Å². The van der Waals surface area contributed by atoms with Gasteiger partial charge in [0.2, 0.25) is 5.72 Å². The molecule has 1 amide bonds. The summed E-state index contributed by atoms with van der Waals surface area (Å²) in [7, 11) is 0. The van der Waals surface area contributed by atoms with Crippen LogP contribution < -0.4 is 14.7 Å². The largest absolute Gasteiger partial charge is 0.573 e. The third-order valence-corrected chi connectivity index (χ3v) is 5.53. The smallest absolute Gasteiger partial charge is 0.406 e. The van der Waals surface area contributed by atoms with Crippen molar-refractivity contribution < 1.29 is 32.5 Å². The maximum Gasteiger partial charge on any atom is 0.573 e. The summed E-state index contributed by atoms with van der Waals surface area (Å²) in [6, 6.07) is 3.97. The van der Waals surface area contributed by atoms with Gasteiger partial charge in [-0.05, 0) is 35.7 Å². The average molecular weight is 436 g/mol. The van der Waals surface area contributed by atoms with Crippen LogP contribution in [0.15, 0.2) is 35.4 Å². The molecule has 164 valence electrons. The highest BCUT2D eigenvalue weighted by atomic mass is 19.4. The van der Waals surface area contributed by atoms with E-state index in [4.69, 9.17) is 9.84 Å². The third-order valence-electron chi connectivity index (χ3n) is 5.53. The monoisotopic (exact) mass is 436 g/mol. The summed E-state index contributed by atoms with van der Waals surface area (Å²) in [5.74, 6) is 2.26. The second kappa shape index (κ2) is 7.67. The van der Waals surface area contributed by atoms with Gasteiger partial charge in [0.1, 0.15) is 12.4 Å². The number of halogens is 3. The van der Waals surface area contributed by atoms with Crippen LogP contribution in [0, 0.1) is 6.92 Å². The Morgan fingerprint density at radius 2 is 2.19 bits per heavy atom. The minimum absolute atomic E-state index is 0.0701. The number of benzene rings is 1. The topological polar surface area (TPSA) is 88.4 Å². The fraction of sp³-hybridized carbons (Fsp3) is 0.429. The molecule has 3 aliphatic heterocycles. The van der Waals surface area contributed by atoms with Crippen molar-refractivity contribution in [1.82, 2.24) is 14.9 Å². The van der Waals surface area contributed by atoms with Crippen molar-refractivity contribution in [1.29, 1.82) is 0 Å². The van der Waals surface area contributed by atoms with Gasteiger partial charge in [0.15, 0.2) is 0 Å². The van der Waals surface area contributed by atoms with Crippen molar-refractivity contribution in [2.24, 2.45) is 0 Å². The standard InChI is InChI=1S/C21H21F3N3O4/c1-12-9-14(3-4-17(12)31-21(22,23)24)13(2)27-10-16-15(19(27)29)5-6-25-18(16)20(11-30-20)26-7-8-28/h3-5,9,13,26,28H,7-8,10-11H2,1-2H3/q+1. The number of amides is 1. The molecule has 1 fully saturated rings. The summed E-state index contributed by atoms with van der Waals surface area (Å²) < 4.78 is 51.5. The molecule has 1 aromatic carbocycles. The van der Waals surface area contributed by atoms with Gasteiger partial charge in [-0.15, -0.1) is 13.2 Å². The van der Waals surface area contributed by atoms with E-state index in [-0.39, 0.29) is 24.8 Å². The molecule has 3 aliphatic rings. The first-order chi connectivity index (χ1) is 14.6. The summed E-state index contributed by atoms with van der Waals surface area (Å²) >= 11 is 0. The van der Waals surface area contributed by atoms with E-state index < -0.39 is 18.1 Å². The number of nitrogens with one attached hydrogen (secondary N) is 1. The number of nitrogens with zero attached hydrogens (tertiary/aromatic N) is 2. The van der Waals surface area contributed by atoms with Crippen LogP contribution in [0.2, 0.25) is 0 Å². The highest BCUT2D eigenvalue weighted by Crippen LogP contribution is 2.37. The van der Waals surface area contributed by atoms with Gasteiger partial charge in [-0.1, -0.05) is 12.1 Å². The summed E-state index contributed by atoms with van der Waals surface area (Å²) in [5, 5.41) is 12.2. The maximum atomic E-state index is 13.1. The van der Waals surface area contributed by atoms with Crippen LogP contribution in [-0.4, -0.2) is 65.9 Å². The van der Waals surface area contributed by atoms with E-state index in [2.05, 4.69) is 20.6 Å². The molecule has 2 unspecified atom stereocenters. The van der Waals surface area contributed by atoms with Gasteiger partial charge in [-0.25, -0.2) is 0 Å². The zero-order valence-corrected chi connectivity index (χ0v) is 16.9. The number of rotatable bonds is 7. The predicted octanol–water partition coefficient (Wildman–Crippen LogP) is 1.15. The zero-order valence-electron chi connectivity index (χ0n) is 16.9. The lowest BCUT2D eigenvalue weighted by Crippen LogP contribution is -2.45. The molecule has 0 radical (unpaired) electrons. The second-order valence-electron chi connectivity index (χ2n) is 7.57. The Bertz CT molecular complexity index is 1060. The van der Waals surface area contributed by atoms with Crippen LogP contribution in [0.3, 0.4) is 0 Å². The lowest BCUT2D eigenvalue weighted by molar-refractivity contribution is -0.274. The van der Waals surface area contributed by atoms with Gasteiger partial charge in [0.25, 0.3) is 5.91 Å². The molecule has 0 aliphatic carbocycles. The first-order valence-corrected chi connectivity index (χ1v) is 9.73. The van der Waals surface area contributed by atoms with Gasteiger partial charge < -0.3 is 19.5 Å². The van der Waals surface area contributed by atoms with E-state index in [0.717, 1.165) is 0 Å². The molecule has 10 heteroatoms. The van der Waals surface area contributed by atoms with Crippen LogP contribution >= 0.6 is 0 Å². The molecular formula is C21H21F3N3O4+. The van der Waals surface area contributed by atoms with Crippen molar-refractivity contribution in [3.8, 4) is 5.75 Å². The van der Waals surface area contributed by atoms with E-state index in [1.165, 1.54) is 25.1 Å². The number of aliphatic hydroxyl groups is 1. The molecule has 2 atom stereocenters. The molecule has 0 saturated carbocycles. The van der Waals surface area contributed by atoms with Crippen molar-refractivity contribution in [3.05, 3.63) is 46.5 Å². The summed E-state index contributed by atoms with van der Waals surface area (Å²) in [6.07, 6.45) is -3.24. The van der Waals surface area contributed by atoms with Crippen LogP contribution in [-0.2, 0) is 9.53 Å². The van der Waals surface area contributed by atoms with Crippen molar-refractivity contribution in [2.45, 2.75) is 32.0 Å². The maximum absolute atomic E-state index is 13.1. The molecule has 0 bridgehead atoms. The van der Waals surface area contributed by atoms with Gasteiger partial charge in [-0.3, -0.25) is 10.1 Å². The number of aliphatic hydroxyl groups excluding tert-OH is 1. The number of carbonyl (C=O) groups excluding carboxylic acids is 1. The number of ether oxygens (including phenoxy) is 2. The molecule has 1 saturated heterocycles. The Balaban J connectivity index is 1.55. The highest BCUT2D eigenvalue weighted by Gasteiger charge is 2.60. The number of aryl methyl sites for hydroxylation is 1. The molecule has 1 aromatic rings. The second-order valence-corrected chi connectivity index (χ2v) is 7.57. The number of alkyl halides is 3. The summed E-state index contributed by atoms with van der Waals surface area (Å²) in [6.45, 7) is 4.22. The number of hydrogen-bond donors (Lipinski definition) is 2. The van der Waals surface area contributed by atoms with E-state index in [0.29, 0.717) is 41.1 Å². The third kappa shape index (κ3) is 4.04. The molecule has 31 heavy (non-hydrogen) atoms. The molecule has 7 nitrogen and oxygen atoms in total. The lowest BCUT2D eigenvalue weighted by atomic mass is 9.99. The van der Waals surface area contributed by atoms with Crippen LogP contribution in [0.1, 0.15) is 24.1 Å². The van der Waals surface area contributed by atoms with Crippen molar-refractivity contribution in [2.75, 3.05) is 26.3 Å². The lowest BCUT2D eigenvalue weighted by Gasteiger charge is -2.26. The van der Waals surface area contributed by atoms with E-state index >= 15 is 0 Å². The SMILES string of the molecule is Cc1cc(C(C)N2CC3=C(C=C=[N+]=C3C3(NCCO)CO3)C2=O)ccc1OC(F)(F)F. The fourth-order valence-corrected chi connectivity index (χ4v) is 3.84. The van der Waals surface area contributed by atoms with Gasteiger partial charge >= 0.3 is 17.9 Å². The quantitative estimate of drug-likeness (QED) is 0.495. The molecular weight excluding hydrogens is 415 g/mol. The van der Waals surface area contributed by atoms with Crippen LogP contribution in [0.4, 0.5) is 13.2 Å². The molecule has 3 heterocycles.